The Kier molecular flexibility index (Phi) is 9.59. The molecule has 2 heteroatoms. The van der Waals surface area contributed by atoms with Crippen LogP contribution in [0.4, 0.5) is 0 Å². The molecule has 0 aliphatic heterocycles. The first kappa shape index (κ1) is 16.0. The lowest BCUT2D eigenvalue weighted by Gasteiger charge is -2.31. The van der Waals surface area contributed by atoms with Crippen LogP contribution in [0.15, 0.2) is 0 Å². The first-order valence-corrected chi connectivity index (χ1v) is 8.22. The van der Waals surface area contributed by atoms with Crippen molar-refractivity contribution in [2.24, 2.45) is 5.92 Å². The molecule has 0 radical (unpaired) electrons. The topological polar surface area (TPSA) is 32.3 Å². The van der Waals surface area contributed by atoms with E-state index in [1.807, 2.05) is 0 Å². The highest BCUT2D eigenvalue weighted by Gasteiger charge is 2.23. The number of aliphatic hydroxyl groups excluding tert-OH is 1. The van der Waals surface area contributed by atoms with Gasteiger partial charge in [0.15, 0.2) is 0 Å². The van der Waals surface area contributed by atoms with Gasteiger partial charge in [-0.2, -0.15) is 0 Å². The molecule has 1 rings (SSSR count). The van der Waals surface area contributed by atoms with Gasteiger partial charge in [-0.05, 0) is 31.7 Å². The fourth-order valence-electron chi connectivity index (χ4n) is 3.06. The molecule has 2 nitrogen and oxygen atoms in total. The molecular formula is C16H33NO. The van der Waals surface area contributed by atoms with E-state index in [2.05, 4.69) is 12.2 Å². The summed E-state index contributed by atoms with van der Waals surface area (Å²) in [6.45, 7) is 3.79. The van der Waals surface area contributed by atoms with Gasteiger partial charge in [0, 0.05) is 12.6 Å². The quantitative estimate of drug-likeness (QED) is 0.581. The highest BCUT2D eigenvalue weighted by atomic mass is 16.3. The molecule has 1 fully saturated rings. The van der Waals surface area contributed by atoms with E-state index in [1.54, 1.807) is 0 Å². The van der Waals surface area contributed by atoms with E-state index >= 15 is 0 Å². The highest BCUT2D eigenvalue weighted by Crippen LogP contribution is 2.23. The molecule has 0 saturated heterocycles. The molecule has 2 N–H and O–H groups in total. The lowest BCUT2D eigenvalue weighted by atomic mass is 9.85. The van der Waals surface area contributed by atoms with Crippen LogP contribution >= 0.6 is 0 Å². The van der Waals surface area contributed by atoms with Crippen molar-refractivity contribution >= 4 is 0 Å². The van der Waals surface area contributed by atoms with Gasteiger partial charge in [-0.25, -0.2) is 0 Å². The van der Waals surface area contributed by atoms with Crippen molar-refractivity contribution < 1.29 is 5.11 Å². The minimum Gasteiger partial charge on any atom is -0.396 e. The number of hydrogen-bond donors (Lipinski definition) is 2. The molecule has 1 aliphatic carbocycles. The molecule has 108 valence electrons. The van der Waals surface area contributed by atoms with E-state index < -0.39 is 0 Å². The minimum atomic E-state index is 0.370. The molecule has 1 aliphatic rings. The summed E-state index contributed by atoms with van der Waals surface area (Å²) in [6.07, 6.45) is 14.8. The normalized spacial score (nSPS) is 24.3. The number of rotatable bonds is 10. The van der Waals surface area contributed by atoms with Crippen LogP contribution in [0.5, 0.6) is 0 Å². The second-order valence-corrected chi connectivity index (χ2v) is 5.91. The summed E-state index contributed by atoms with van der Waals surface area (Å²) in [5.41, 5.74) is 0. The van der Waals surface area contributed by atoms with Gasteiger partial charge in [0.1, 0.15) is 0 Å². The van der Waals surface area contributed by atoms with Gasteiger partial charge in [0.25, 0.3) is 0 Å². The van der Waals surface area contributed by atoms with Crippen LogP contribution in [-0.2, 0) is 0 Å². The third-order valence-corrected chi connectivity index (χ3v) is 4.33. The summed E-state index contributed by atoms with van der Waals surface area (Å²) in [5, 5.41) is 13.0. The average Bonchev–Trinajstić information content (AvgIpc) is 2.42. The van der Waals surface area contributed by atoms with Gasteiger partial charge in [-0.15, -0.1) is 0 Å². The second-order valence-electron chi connectivity index (χ2n) is 5.91. The fraction of sp³-hybridized carbons (Fsp3) is 1.00. The van der Waals surface area contributed by atoms with Crippen molar-refractivity contribution in [3.8, 4) is 0 Å². The molecule has 0 aromatic carbocycles. The van der Waals surface area contributed by atoms with E-state index in [4.69, 9.17) is 0 Å². The van der Waals surface area contributed by atoms with E-state index in [1.165, 1.54) is 70.6 Å². The molecule has 0 heterocycles. The van der Waals surface area contributed by atoms with Gasteiger partial charge < -0.3 is 10.4 Å². The predicted octanol–water partition coefficient (Wildman–Crippen LogP) is 3.88. The molecule has 0 bridgehead atoms. The van der Waals surface area contributed by atoms with Crippen molar-refractivity contribution in [1.29, 1.82) is 0 Å². The maximum Gasteiger partial charge on any atom is 0.0474 e. The molecule has 1 saturated carbocycles. The van der Waals surface area contributed by atoms with Gasteiger partial charge in [0.2, 0.25) is 0 Å². The molecular weight excluding hydrogens is 222 g/mol. The molecule has 2 atom stereocenters. The average molecular weight is 255 g/mol. The largest absolute Gasteiger partial charge is 0.396 e. The summed E-state index contributed by atoms with van der Waals surface area (Å²) >= 11 is 0. The van der Waals surface area contributed by atoms with Crippen LogP contribution in [0.25, 0.3) is 0 Å². The Balaban J connectivity index is 1.93. The first-order chi connectivity index (χ1) is 8.88. The minimum absolute atomic E-state index is 0.370. The first-order valence-electron chi connectivity index (χ1n) is 8.22. The number of nitrogens with one attached hydrogen (secondary N) is 1. The lowest BCUT2D eigenvalue weighted by molar-refractivity contribution is 0.153. The van der Waals surface area contributed by atoms with Crippen LogP contribution in [0, 0.1) is 5.92 Å². The van der Waals surface area contributed by atoms with Crippen molar-refractivity contribution in [1.82, 2.24) is 5.32 Å². The van der Waals surface area contributed by atoms with E-state index in [-0.39, 0.29) is 0 Å². The molecule has 0 aromatic heterocycles. The summed E-state index contributed by atoms with van der Waals surface area (Å²) in [7, 11) is 0. The molecule has 0 spiro atoms. The number of unbranched alkanes of at least 4 members (excludes halogenated alkanes) is 6. The smallest absolute Gasteiger partial charge is 0.0474 e. The lowest BCUT2D eigenvalue weighted by Crippen LogP contribution is -2.40. The van der Waals surface area contributed by atoms with Crippen LogP contribution in [0.1, 0.15) is 77.6 Å². The highest BCUT2D eigenvalue weighted by molar-refractivity contribution is 4.80. The Bertz CT molecular complexity index is 184. The van der Waals surface area contributed by atoms with Gasteiger partial charge in [-0.1, -0.05) is 58.3 Å². The fourth-order valence-corrected chi connectivity index (χ4v) is 3.06. The zero-order valence-electron chi connectivity index (χ0n) is 12.3. The number of aliphatic hydroxyl groups is 1. The zero-order valence-corrected chi connectivity index (χ0v) is 12.3. The van der Waals surface area contributed by atoms with Gasteiger partial charge in [-0.3, -0.25) is 0 Å². The third-order valence-electron chi connectivity index (χ3n) is 4.33. The monoisotopic (exact) mass is 255 g/mol. The van der Waals surface area contributed by atoms with E-state index in [0.29, 0.717) is 18.6 Å². The standard InChI is InChI=1S/C16H33NO/c1-2-3-4-5-6-7-10-13-17-16-12-9-8-11-15(16)14-18/h15-18H,2-14H2,1H3. The SMILES string of the molecule is CCCCCCCCCNC1CCCCC1CO. The second kappa shape index (κ2) is 10.8. The number of hydrogen-bond acceptors (Lipinski definition) is 2. The van der Waals surface area contributed by atoms with Crippen LogP contribution < -0.4 is 5.32 Å². The Morgan fingerprint density at radius 1 is 0.944 bits per heavy atom. The van der Waals surface area contributed by atoms with Crippen LogP contribution in [0.2, 0.25) is 0 Å². The third kappa shape index (κ3) is 6.75. The Hall–Kier alpha value is -0.0800. The van der Waals surface area contributed by atoms with Crippen molar-refractivity contribution in [2.75, 3.05) is 13.2 Å². The zero-order chi connectivity index (χ0) is 13.1. The molecule has 0 aromatic rings. The maximum atomic E-state index is 9.34. The maximum absolute atomic E-state index is 9.34. The Morgan fingerprint density at radius 3 is 2.33 bits per heavy atom. The summed E-state index contributed by atoms with van der Waals surface area (Å²) in [4.78, 5) is 0. The molecule has 0 amide bonds. The summed E-state index contributed by atoms with van der Waals surface area (Å²) in [5.74, 6) is 0.517. The molecule has 2 unspecified atom stereocenters. The van der Waals surface area contributed by atoms with Crippen molar-refractivity contribution in [3.05, 3.63) is 0 Å². The van der Waals surface area contributed by atoms with Gasteiger partial charge >= 0.3 is 0 Å². The van der Waals surface area contributed by atoms with Gasteiger partial charge in [0.05, 0.1) is 0 Å². The summed E-state index contributed by atoms with van der Waals surface area (Å²) < 4.78 is 0. The Labute approximate surface area is 114 Å². The predicted molar refractivity (Wildman–Crippen MR) is 78.8 cm³/mol. The van der Waals surface area contributed by atoms with Crippen LogP contribution in [-0.4, -0.2) is 24.3 Å². The van der Waals surface area contributed by atoms with Crippen LogP contribution in [0.3, 0.4) is 0 Å². The Morgan fingerprint density at radius 2 is 1.61 bits per heavy atom. The van der Waals surface area contributed by atoms with Crippen molar-refractivity contribution in [2.45, 2.75) is 83.6 Å². The van der Waals surface area contributed by atoms with E-state index in [9.17, 15) is 5.11 Å². The van der Waals surface area contributed by atoms with E-state index in [0.717, 1.165) is 6.54 Å². The summed E-state index contributed by atoms with van der Waals surface area (Å²) in [6, 6.07) is 0.587. The van der Waals surface area contributed by atoms with Crippen molar-refractivity contribution in [3.63, 3.8) is 0 Å². The molecule has 18 heavy (non-hydrogen) atoms.